The normalized spacial score (nSPS) is 12.4. The van der Waals surface area contributed by atoms with Gasteiger partial charge in [-0.15, -0.1) is 0 Å². The van der Waals surface area contributed by atoms with E-state index in [1.807, 2.05) is 47.7 Å². The fourth-order valence-corrected chi connectivity index (χ4v) is 2.86. The molecule has 0 aliphatic rings. The predicted octanol–water partition coefficient (Wildman–Crippen LogP) is 3.38. The summed E-state index contributed by atoms with van der Waals surface area (Å²) in [6, 6.07) is 11.5. The summed E-state index contributed by atoms with van der Waals surface area (Å²) in [7, 11) is 3.21. The first-order valence-corrected chi connectivity index (χ1v) is 7.45. The number of fused-ring (bicyclic) bond motifs is 1. The Morgan fingerprint density at radius 1 is 1.09 bits per heavy atom. The van der Waals surface area contributed by atoms with Crippen LogP contribution in [-0.2, 0) is 0 Å². The molecule has 23 heavy (non-hydrogen) atoms. The highest BCUT2D eigenvalue weighted by Gasteiger charge is 2.20. The van der Waals surface area contributed by atoms with Gasteiger partial charge in [0.15, 0.2) is 11.5 Å². The Balaban J connectivity index is 2.28. The van der Waals surface area contributed by atoms with Gasteiger partial charge in [-0.1, -0.05) is 6.07 Å². The number of pyridine rings is 1. The Morgan fingerprint density at radius 2 is 1.83 bits per heavy atom. The smallest absolute Gasteiger partial charge is 0.161 e. The lowest BCUT2D eigenvalue weighted by molar-refractivity contribution is 0.193. The lowest BCUT2D eigenvalue weighted by Crippen LogP contribution is -2.02. The third-order valence-electron chi connectivity index (χ3n) is 3.93. The Morgan fingerprint density at radius 3 is 2.48 bits per heavy atom. The highest BCUT2D eigenvalue weighted by molar-refractivity contribution is 5.70. The second-order valence-corrected chi connectivity index (χ2v) is 5.45. The summed E-state index contributed by atoms with van der Waals surface area (Å²) in [5.41, 5.74) is 4.23. The zero-order valence-corrected chi connectivity index (χ0v) is 13.7. The molecule has 120 valence electrons. The van der Waals surface area contributed by atoms with Crippen LogP contribution in [0.2, 0.25) is 0 Å². The largest absolute Gasteiger partial charge is 0.493 e. The summed E-state index contributed by atoms with van der Waals surface area (Å²) in [6.45, 7) is 3.75. The fourth-order valence-electron chi connectivity index (χ4n) is 2.86. The molecule has 2 heterocycles. The molecule has 1 N–H and O–H groups in total. The Bertz CT molecular complexity index is 853. The molecule has 2 aromatic heterocycles. The SMILES string of the molecule is COc1ccc(-c2nc3cccc(C)n3c2C(C)O)cc1OC. The molecule has 0 radical (unpaired) electrons. The van der Waals surface area contributed by atoms with Crippen LogP contribution in [0.5, 0.6) is 11.5 Å². The van der Waals surface area contributed by atoms with Crippen LogP contribution < -0.4 is 9.47 Å². The van der Waals surface area contributed by atoms with Crippen molar-refractivity contribution >= 4 is 5.65 Å². The number of benzene rings is 1. The first-order chi connectivity index (χ1) is 11.1. The van der Waals surface area contributed by atoms with Crippen LogP contribution in [0.4, 0.5) is 0 Å². The number of nitrogens with zero attached hydrogens (tertiary/aromatic N) is 2. The Hall–Kier alpha value is -2.53. The molecule has 1 aromatic carbocycles. The monoisotopic (exact) mass is 312 g/mol. The van der Waals surface area contributed by atoms with Crippen molar-refractivity contribution in [2.45, 2.75) is 20.0 Å². The second-order valence-electron chi connectivity index (χ2n) is 5.45. The number of aromatic nitrogens is 2. The molecule has 3 aromatic rings. The summed E-state index contributed by atoms with van der Waals surface area (Å²) < 4.78 is 12.6. The van der Waals surface area contributed by atoms with Crippen molar-refractivity contribution in [1.82, 2.24) is 9.38 Å². The van der Waals surface area contributed by atoms with Crippen LogP contribution in [0.15, 0.2) is 36.4 Å². The second kappa shape index (κ2) is 5.93. The van der Waals surface area contributed by atoms with Gasteiger partial charge in [0.1, 0.15) is 5.65 Å². The van der Waals surface area contributed by atoms with E-state index in [9.17, 15) is 5.11 Å². The molecule has 0 amide bonds. The summed E-state index contributed by atoms with van der Waals surface area (Å²) in [5.74, 6) is 1.30. The average molecular weight is 312 g/mol. The van der Waals surface area contributed by atoms with Gasteiger partial charge in [0, 0.05) is 11.3 Å². The lowest BCUT2D eigenvalue weighted by atomic mass is 10.1. The average Bonchev–Trinajstić information content (AvgIpc) is 2.95. The van der Waals surface area contributed by atoms with Crippen molar-refractivity contribution in [3.63, 3.8) is 0 Å². The van der Waals surface area contributed by atoms with Crippen LogP contribution in [0.25, 0.3) is 16.9 Å². The standard InChI is InChI=1S/C18H20N2O3/c1-11-6-5-7-16-19-17(18(12(2)21)20(11)16)13-8-9-14(22-3)15(10-13)23-4/h5-10,12,21H,1-4H3. The van der Waals surface area contributed by atoms with Crippen LogP contribution in [0.3, 0.4) is 0 Å². The molecule has 1 unspecified atom stereocenters. The van der Waals surface area contributed by atoms with Gasteiger partial charge in [0.25, 0.3) is 0 Å². The van der Waals surface area contributed by atoms with Crippen molar-refractivity contribution in [3.8, 4) is 22.8 Å². The van der Waals surface area contributed by atoms with E-state index in [0.29, 0.717) is 11.5 Å². The zero-order chi connectivity index (χ0) is 16.6. The number of aryl methyl sites for hydroxylation is 1. The minimum atomic E-state index is -0.644. The van der Waals surface area contributed by atoms with Crippen molar-refractivity contribution in [1.29, 1.82) is 0 Å². The molecule has 0 saturated heterocycles. The van der Waals surface area contributed by atoms with Crippen LogP contribution >= 0.6 is 0 Å². The highest BCUT2D eigenvalue weighted by Crippen LogP contribution is 2.35. The van der Waals surface area contributed by atoms with E-state index in [-0.39, 0.29) is 0 Å². The summed E-state index contributed by atoms with van der Waals surface area (Å²) in [6.07, 6.45) is -0.644. The van der Waals surface area contributed by atoms with E-state index >= 15 is 0 Å². The molecule has 0 bridgehead atoms. The Labute approximate surface area is 135 Å². The van der Waals surface area contributed by atoms with E-state index in [2.05, 4.69) is 0 Å². The number of imidazole rings is 1. The Kier molecular flexibility index (Phi) is 3.96. The van der Waals surface area contributed by atoms with Gasteiger partial charge >= 0.3 is 0 Å². The van der Waals surface area contributed by atoms with E-state index in [1.54, 1.807) is 21.1 Å². The quantitative estimate of drug-likeness (QED) is 0.802. The summed E-state index contributed by atoms with van der Waals surface area (Å²) in [5, 5.41) is 10.3. The van der Waals surface area contributed by atoms with Gasteiger partial charge in [-0.25, -0.2) is 4.98 Å². The molecular weight excluding hydrogens is 292 g/mol. The maximum absolute atomic E-state index is 10.3. The predicted molar refractivity (Wildman–Crippen MR) is 89.1 cm³/mol. The maximum atomic E-state index is 10.3. The van der Waals surface area contributed by atoms with E-state index in [1.165, 1.54) is 0 Å². The molecule has 5 heteroatoms. The fraction of sp³-hybridized carbons (Fsp3) is 0.278. The van der Waals surface area contributed by atoms with E-state index in [0.717, 1.165) is 28.3 Å². The lowest BCUT2D eigenvalue weighted by Gasteiger charge is -2.12. The maximum Gasteiger partial charge on any atom is 0.161 e. The number of methoxy groups -OCH3 is 2. The third kappa shape index (κ3) is 2.53. The number of aliphatic hydroxyl groups excluding tert-OH is 1. The molecule has 0 fully saturated rings. The summed E-state index contributed by atoms with van der Waals surface area (Å²) >= 11 is 0. The number of aliphatic hydroxyl groups is 1. The molecular formula is C18H20N2O3. The van der Waals surface area contributed by atoms with Gasteiger partial charge in [0.2, 0.25) is 0 Å². The molecule has 0 aliphatic carbocycles. The minimum Gasteiger partial charge on any atom is -0.493 e. The molecule has 5 nitrogen and oxygen atoms in total. The molecule has 0 saturated carbocycles. The number of hydrogen-bond acceptors (Lipinski definition) is 4. The number of hydrogen-bond donors (Lipinski definition) is 1. The molecule has 0 spiro atoms. The number of ether oxygens (including phenoxy) is 2. The minimum absolute atomic E-state index is 0.635. The molecule has 0 aliphatic heterocycles. The highest BCUT2D eigenvalue weighted by atomic mass is 16.5. The van der Waals surface area contributed by atoms with Crippen molar-refractivity contribution in [3.05, 3.63) is 47.8 Å². The molecule has 1 atom stereocenters. The third-order valence-corrected chi connectivity index (χ3v) is 3.93. The van der Waals surface area contributed by atoms with E-state index in [4.69, 9.17) is 14.5 Å². The van der Waals surface area contributed by atoms with Crippen molar-refractivity contribution in [2.75, 3.05) is 14.2 Å². The van der Waals surface area contributed by atoms with Gasteiger partial charge in [-0.2, -0.15) is 0 Å². The van der Waals surface area contributed by atoms with Gasteiger partial charge in [-0.3, -0.25) is 4.40 Å². The van der Waals surface area contributed by atoms with Gasteiger partial charge in [-0.05, 0) is 44.2 Å². The van der Waals surface area contributed by atoms with E-state index < -0.39 is 6.10 Å². The van der Waals surface area contributed by atoms with Crippen LogP contribution in [0.1, 0.15) is 24.4 Å². The van der Waals surface area contributed by atoms with Crippen LogP contribution in [-0.4, -0.2) is 28.7 Å². The first kappa shape index (κ1) is 15.4. The molecule has 3 rings (SSSR count). The first-order valence-electron chi connectivity index (χ1n) is 7.45. The zero-order valence-electron chi connectivity index (χ0n) is 13.7. The van der Waals surface area contributed by atoms with Crippen molar-refractivity contribution in [2.24, 2.45) is 0 Å². The topological polar surface area (TPSA) is 56.0 Å². The van der Waals surface area contributed by atoms with Crippen molar-refractivity contribution < 1.29 is 14.6 Å². The van der Waals surface area contributed by atoms with Gasteiger partial charge < -0.3 is 14.6 Å². The van der Waals surface area contributed by atoms with Crippen LogP contribution in [0, 0.1) is 6.92 Å². The number of rotatable bonds is 4. The van der Waals surface area contributed by atoms with Gasteiger partial charge in [0.05, 0.1) is 31.7 Å². The summed E-state index contributed by atoms with van der Waals surface area (Å²) in [4.78, 5) is 4.70.